The van der Waals surface area contributed by atoms with Gasteiger partial charge in [-0.3, -0.25) is 0 Å². The average molecular weight is 182 g/mol. The summed E-state index contributed by atoms with van der Waals surface area (Å²) in [6.07, 6.45) is 10.3. The van der Waals surface area contributed by atoms with E-state index in [2.05, 4.69) is 6.92 Å². The topological polar surface area (TPSA) is 20.2 Å². The van der Waals surface area contributed by atoms with Gasteiger partial charge in [-0.25, -0.2) is 0 Å². The van der Waals surface area contributed by atoms with Crippen LogP contribution >= 0.6 is 0 Å². The van der Waals surface area contributed by atoms with Crippen molar-refractivity contribution in [2.75, 3.05) is 0 Å². The minimum Gasteiger partial charge on any atom is -0.393 e. The first-order chi connectivity index (χ1) is 6.26. The van der Waals surface area contributed by atoms with Crippen LogP contribution in [0.2, 0.25) is 0 Å². The minimum absolute atomic E-state index is 0.0107. The maximum absolute atomic E-state index is 10.2. The second-order valence-electron chi connectivity index (χ2n) is 5.14. The molecule has 2 fully saturated rings. The van der Waals surface area contributed by atoms with Crippen LogP contribution in [0.15, 0.2) is 0 Å². The molecule has 2 rings (SSSR count). The SMILES string of the molecule is CC1CCCC(O)C12CCCCC2. The van der Waals surface area contributed by atoms with Gasteiger partial charge in [-0.05, 0) is 37.0 Å². The second kappa shape index (κ2) is 3.61. The van der Waals surface area contributed by atoms with Crippen molar-refractivity contribution in [2.24, 2.45) is 11.3 Å². The number of hydrogen-bond donors (Lipinski definition) is 1. The van der Waals surface area contributed by atoms with E-state index in [1.54, 1.807) is 0 Å². The third kappa shape index (κ3) is 1.52. The van der Waals surface area contributed by atoms with Gasteiger partial charge in [0.25, 0.3) is 0 Å². The van der Waals surface area contributed by atoms with Crippen LogP contribution < -0.4 is 0 Å². The van der Waals surface area contributed by atoms with Gasteiger partial charge >= 0.3 is 0 Å². The van der Waals surface area contributed by atoms with Crippen LogP contribution in [0, 0.1) is 11.3 Å². The van der Waals surface area contributed by atoms with Gasteiger partial charge < -0.3 is 5.11 Å². The molecule has 2 unspecified atom stereocenters. The van der Waals surface area contributed by atoms with Gasteiger partial charge in [0, 0.05) is 0 Å². The fourth-order valence-electron chi connectivity index (χ4n) is 3.56. The van der Waals surface area contributed by atoms with Crippen molar-refractivity contribution in [1.82, 2.24) is 0 Å². The summed E-state index contributed by atoms with van der Waals surface area (Å²) < 4.78 is 0. The van der Waals surface area contributed by atoms with Crippen molar-refractivity contribution in [3.63, 3.8) is 0 Å². The smallest absolute Gasteiger partial charge is 0.0599 e. The molecule has 76 valence electrons. The van der Waals surface area contributed by atoms with Crippen LogP contribution in [-0.4, -0.2) is 11.2 Å². The van der Waals surface area contributed by atoms with Crippen molar-refractivity contribution in [3.8, 4) is 0 Å². The maximum atomic E-state index is 10.2. The Morgan fingerprint density at radius 2 is 1.69 bits per heavy atom. The Morgan fingerprint density at radius 3 is 2.31 bits per heavy atom. The summed E-state index contributed by atoms with van der Waals surface area (Å²) >= 11 is 0. The molecule has 2 aliphatic carbocycles. The molecule has 13 heavy (non-hydrogen) atoms. The third-order valence-corrected chi connectivity index (χ3v) is 4.54. The lowest BCUT2D eigenvalue weighted by molar-refractivity contribution is -0.0722. The highest BCUT2D eigenvalue weighted by Crippen LogP contribution is 2.50. The molecule has 0 heterocycles. The predicted molar refractivity (Wildman–Crippen MR) is 54.5 cm³/mol. The lowest BCUT2D eigenvalue weighted by Gasteiger charge is -2.49. The molecular formula is C12H22O. The number of rotatable bonds is 0. The lowest BCUT2D eigenvalue weighted by atomic mass is 9.58. The molecule has 0 aromatic rings. The van der Waals surface area contributed by atoms with E-state index in [4.69, 9.17) is 0 Å². The van der Waals surface area contributed by atoms with Crippen molar-refractivity contribution in [2.45, 2.75) is 64.4 Å². The van der Waals surface area contributed by atoms with E-state index in [1.165, 1.54) is 44.9 Å². The summed E-state index contributed by atoms with van der Waals surface area (Å²) in [6, 6.07) is 0. The molecule has 0 aliphatic heterocycles. The van der Waals surface area contributed by atoms with Crippen molar-refractivity contribution in [1.29, 1.82) is 0 Å². The third-order valence-electron chi connectivity index (χ3n) is 4.54. The highest BCUT2D eigenvalue weighted by Gasteiger charge is 2.44. The molecule has 0 saturated heterocycles. The first-order valence-corrected chi connectivity index (χ1v) is 5.94. The van der Waals surface area contributed by atoms with Gasteiger partial charge in [0.15, 0.2) is 0 Å². The second-order valence-corrected chi connectivity index (χ2v) is 5.14. The largest absolute Gasteiger partial charge is 0.393 e. The Bertz CT molecular complexity index is 158. The molecule has 1 N–H and O–H groups in total. The van der Waals surface area contributed by atoms with Gasteiger partial charge in [-0.1, -0.05) is 32.6 Å². The minimum atomic E-state index is 0.0107. The number of aliphatic hydroxyl groups is 1. The molecule has 2 atom stereocenters. The maximum Gasteiger partial charge on any atom is 0.0599 e. The zero-order chi connectivity index (χ0) is 9.31. The Balaban J connectivity index is 2.13. The summed E-state index contributed by atoms with van der Waals surface area (Å²) in [5, 5.41) is 10.2. The summed E-state index contributed by atoms with van der Waals surface area (Å²) in [5.74, 6) is 0.761. The van der Waals surface area contributed by atoms with Gasteiger partial charge in [0.2, 0.25) is 0 Å². The molecule has 0 aromatic carbocycles. The van der Waals surface area contributed by atoms with E-state index in [0.29, 0.717) is 5.41 Å². The summed E-state index contributed by atoms with van der Waals surface area (Å²) in [6.45, 7) is 2.35. The molecule has 2 saturated carbocycles. The van der Waals surface area contributed by atoms with Gasteiger partial charge in [0.05, 0.1) is 6.10 Å². The Hall–Kier alpha value is -0.0400. The molecule has 1 spiro atoms. The standard InChI is InChI=1S/C12H22O/c1-10-6-5-7-11(13)12(10)8-3-2-4-9-12/h10-11,13H,2-9H2,1H3. The van der Waals surface area contributed by atoms with Crippen LogP contribution in [0.4, 0.5) is 0 Å². The van der Waals surface area contributed by atoms with Crippen LogP contribution in [0.5, 0.6) is 0 Å². The molecule has 0 radical (unpaired) electrons. The molecule has 2 aliphatic rings. The molecule has 0 bridgehead atoms. The predicted octanol–water partition coefficient (Wildman–Crippen LogP) is 3.12. The summed E-state index contributed by atoms with van der Waals surface area (Å²) in [7, 11) is 0. The molecule has 1 heteroatoms. The zero-order valence-electron chi connectivity index (χ0n) is 8.76. The van der Waals surface area contributed by atoms with Crippen LogP contribution in [0.1, 0.15) is 58.3 Å². The highest BCUT2D eigenvalue weighted by molar-refractivity contribution is 4.95. The first-order valence-electron chi connectivity index (χ1n) is 5.94. The quantitative estimate of drug-likeness (QED) is 0.610. The van der Waals surface area contributed by atoms with E-state index in [1.807, 2.05) is 0 Å². The van der Waals surface area contributed by atoms with Crippen LogP contribution in [0.3, 0.4) is 0 Å². The van der Waals surface area contributed by atoms with Crippen molar-refractivity contribution in [3.05, 3.63) is 0 Å². The van der Waals surface area contributed by atoms with E-state index in [0.717, 1.165) is 12.3 Å². The molecule has 0 amide bonds. The first kappa shape index (κ1) is 9.51. The highest BCUT2D eigenvalue weighted by atomic mass is 16.3. The normalized spacial score (nSPS) is 39.2. The molecule has 1 nitrogen and oxygen atoms in total. The van der Waals surface area contributed by atoms with Crippen LogP contribution in [0.25, 0.3) is 0 Å². The van der Waals surface area contributed by atoms with E-state index >= 15 is 0 Å². The number of aliphatic hydroxyl groups excluding tert-OH is 1. The zero-order valence-corrected chi connectivity index (χ0v) is 8.76. The van der Waals surface area contributed by atoms with E-state index in [-0.39, 0.29) is 6.10 Å². The number of hydrogen-bond acceptors (Lipinski definition) is 1. The van der Waals surface area contributed by atoms with Crippen molar-refractivity contribution >= 4 is 0 Å². The fourth-order valence-corrected chi connectivity index (χ4v) is 3.56. The fraction of sp³-hybridized carbons (Fsp3) is 1.00. The Morgan fingerprint density at radius 1 is 1.00 bits per heavy atom. The lowest BCUT2D eigenvalue weighted by Crippen LogP contribution is -2.45. The van der Waals surface area contributed by atoms with Crippen molar-refractivity contribution < 1.29 is 5.11 Å². The Kier molecular flexibility index (Phi) is 2.64. The average Bonchev–Trinajstić information content (AvgIpc) is 2.16. The molecule has 0 aromatic heterocycles. The summed E-state index contributed by atoms with van der Waals surface area (Å²) in [5.41, 5.74) is 0.330. The summed E-state index contributed by atoms with van der Waals surface area (Å²) in [4.78, 5) is 0. The van der Waals surface area contributed by atoms with Gasteiger partial charge in [0.1, 0.15) is 0 Å². The molecular weight excluding hydrogens is 160 g/mol. The van der Waals surface area contributed by atoms with E-state index < -0.39 is 0 Å². The monoisotopic (exact) mass is 182 g/mol. The Labute approximate surface area is 81.5 Å². The van der Waals surface area contributed by atoms with E-state index in [9.17, 15) is 5.11 Å². The van der Waals surface area contributed by atoms with Gasteiger partial charge in [-0.2, -0.15) is 0 Å². The van der Waals surface area contributed by atoms with Gasteiger partial charge in [-0.15, -0.1) is 0 Å². The van der Waals surface area contributed by atoms with Crippen LogP contribution in [-0.2, 0) is 0 Å².